The van der Waals surface area contributed by atoms with Gasteiger partial charge in [-0.15, -0.1) is 0 Å². The average molecular weight is 410 g/mol. The number of halogens is 1. The highest BCUT2D eigenvalue weighted by atomic mass is 19.1. The van der Waals surface area contributed by atoms with Gasteiger partial charge in [0.25, 0.3) is 0 Å². The molecule has 0 heterocycles. The topological polar surface area (TPSA) is 23.8 Å². The molecule has 0 aliphatic heterocycles. The highest BCUT2D eigenvalue weighted by Gasteiger charge is 2.10. The van der Waals surface area contributed by atoms with E-state index in [1.165, 1.54) is 11.1 Å². The lowest BCUT2D eigenvalue weighted by atomic mass is 9.94. The molecular weight excluding hydrogens is 381 g/mol. The van der Waals surface area contributed by atoms with E-state index >= 15 is 4.39 Å². The Morgan fingerprint density at radius 1 is 0.903 bits per heavy atom. The minimum absolute atomic E-state index is 0.217. The Hall–Kier alpha value is -3.44. The number of nitrogens with zero attached hydrogens (tertiary/aromatic N) is 1. The largest absolute Gasteiger partial charge is 0.206 e. The summed E-state index contributed by atoms with van der Waals surface area (Å²) in [5.41, 5.74) is 9.71. The minimum Gasteiger partial charge on any atom is -0.206 e. The summed E-state index contributed by atoms with van der Waals surface area (Å²) >= 11 is 0. The maximum Gasteiger partial charge on any atom is 0.131 e. The van der Waals surface area contributed by atoms with Gasteiger partial charge in [0.05, 0.1) is 11.6 Å². The molecule has 3 aromatic carbocycles. The number of aryl methyl sites for hydroxylation is 3. The Kier molecular flexibility index (Phi) is 6.88. The summed E-state index contributed by atoms with van der Waals surface area (Å²) in [5, 5.41) is 9.07. The quantitative estimate of drug-likeness (QED) is 0.390. The lowest BCUT2D eigenvalue weighted by Crippen LogP contribution is -1.93. The molecule has 0 saturated heterocycles. The number of nitriles is 1. The molecule has 156 valence electrons. The Morgan fingerprint density at radius 3 is 2.19 bits per heavy atom. The molecule has 3 rings (SSSR count). The number of rotatable bonds is 5. The van der Waals surface area contributed by atoms with Gasteiger partial charge in [0.15, 0.2) is 0 Å². The molecule has 0 aromatic heterocycles. The summed E-state index contributed by atoms with van der Waals surface area (Å²) in [5.74, 6) is -0.217. The number of hydrogen-bond acceptors (Lipinski definition) is 1. The molecule has 3 aromatic rings. The van der Waals surface area contributed by atoms with E-state index in [-0.39, 0.29) is 5.82 Å². The molecule has 0 radical (unpaired) electrons. The van der Waals surface area contributed by atoms with Crippen LogP contribution in [0.3, 0.4) is 0 Å². The molecule has 31 heavy (non-hydrogen) atoms. The molecule has 0 N–H and O–H groups in total. The van der Waals surface area contributed by atoms with Crippen LogP contribution in [-0.2, 0) is 0 Å². The van der Waals surface area contributed by atoms with E-state index in [0.717, 1.165) is 33.4 Å². The molecule has 1 nitrogen and oxygen atoms in total. The first-order valence-electron chi connectivity index (χ1n) is 10.6. The maximum atomic E-state index is 15.1. The molecule has 0 amide bonds. The van der Waals surface area contributed by atoms with Crippen molar-refractivity contribution < 1.29 is 4.39 Å². The minimum atomic E-state index is -0.217. The second kappa shape index (κ2) is 9.58. The Balaban J connectivity index is 1.95. The first kappa shape index (κ1) is 22.2. The van der Waals surface area contributed by atoms with Crippen molar-refractivity contribution in [3.8, 4) is 6.07 Å². The van der Waals surface area contributed by atoms with E-state index < -0.39 is 0 Å². The molecule has 0 spiro atoms. The highest BCUT2D eigenvalue weighted by Crippen LogP contribution is 2.29. The number of benzene rings is 3. The van der Waals surface area contributed by atoms with Crippen LogP contribution in [0.15, 0.2) is 54.6 Å². The zero-order valence-electron chi connectivity index (χ0n) is 18.9. The van der Waals surface area contributed by atoms with Crippen molar-refractivity contribution >= 4 is 23.3 Å². The van der Waals surface area contributed by atoms with Gasteiger partial charge in [0.1, 0.15) is 5.82 Å². The van der Waals surface area contributed by atoms with Crippen molar-refractivity contribution in [3.05, 3.63) is 105 Å². The monoisotopic (exact) mass is 409 g/mol. The Labute approximate surface area is 185 Å². The normalized spacial score (nSPS) is 12.0. The molecule has 0 aliphatic carbocycles. The lowest BCUT2D eigenvalue weighted by molar-refractivity contribution is 0.623. The Bertz CT molecular complexity index is 1220. The van der Waals surface area contributed by atoms with Crippen LogP contribution in [0.2, 0.25) is 0 Å². The van der Waals surface area contributed by atoms with Crippen molar-refractivity contribution in [2.45, 2.75) is 41.0 Å². The summed E-state index contributed by atoms with van der Waals surface area (Å²) in [6.45, 7) is 10.2. The maximum absolute atomic E-state index is 15.1. The second-order valence-electron chi connectivity index (χ2n) is 8.09. The average Bonchev–Trinajstić information content (AvgIpc) is 2.75. The van der Waals surface area contributed by atoms with E-state index in [2.05, 4.69) is 44.2 Å². The van der Waals surface area contributed by atoms with E-state index in [9.17, 15) is 0 Å². The molecule has 2 heteroatoms. The van der Waals surface area contributed by atoms with E-state index in [4.69, 9.17) is 5.26 Å². The summed E-state index contributed by atoms with van der Waals surface area (Å²) in [6, 6.07) is 19.6. The smallest absolute Gasteiger partial charge is 0.131 e. The van der Waals surface area contributed by atoms with E-state index in [0.29, 0.717) is 17.5 Å². The van der Waals surface area contributed by atoms with Gasteiger partial charge in [-0.3, -0.25) is 0 Å². The van der Waals surface area contributed by atoms with Crippen LogP contribution in [0, 0.1) is 37.9 Å². The fourth-order valence-electron chi connectivity index (χ4n) is 3.79. The van der Waals surface area contributed by atoms with Gasteiger partial charge in [-0.1, -0.05) is 61.0 Å². The van der Waals surface area contributed by atoms with Crippen LogP contribution in [0.1, 0.15) is 64.8 Å². The Morgan fingerprint density at radius 2 is 1.58 bits per heavy atom. The molecule has 0 atom stereocenters. The zero-order chi connectivity index (χ0) is 22.5. The first-order valence-corrected chi connectivity index (χ1v) is 10.6. The molecule has 0 aliphatic rings. The van der Waals surface area contributed by atoms with Gasteiger partial charge in [0.2, 0.25) is 0 Å². The fourth-order valence-corrected chi connectivity index (χ4v) is 3.79. The van der Waals surface area contributed by atoms with Crippen LogP contribution in [-0.4, -0.2) is 0 Å². The number of allylic oxidation sites excluding steroid dienone is 2. The van der Waals surface area contributed by atoms with Crippen LogP contribution in [0.5, 0.6) is 0 Å². The van der Waals surface area contributed by atoms with Gasteiger partial charge >= 0.3 is 0 Å². The summed E-state index contributed by atoms with van der Waals surface area (Å²) in [6.07, 6.45) is 4.85. The van der Waals surface area contributed by atoms with Crippen LogP contribution in [0.25, 0.3) is 23.3 Å². The van der Waals surface area contributed by atoms with Crippen molar-refractivity contribution in [1.82, 2.24) is 0 Å². The summed E-state index contributed by atoms with van der Waals surface area (Å²) in [4.78, 5) is 0. The zero-order valence-corrected chi connectivity index (χ0v) is 18.9. The van der Waals surface area contributed by atoms with Crippen LogP contribution < -0.4 is 0 Å². The fraction of sp³-hybridized carbons (Fsp3) is 0.207. The molecule has 0 saturated carbocycles. The highest BCUT2D eigenvalue weighted by molar-refractivity contribution is 5.85. The SMILES string of the molecule is CC/C(=C\c1ccc(C#N)cc1C)c1ccc(/C(C)=C/c2ccc(C)cc2C)cc1F. The lowest BCUT2D eigenvalue weighted by Gasteiger charge is -2.11. The van der Waals surface area contributed by atoms with Gasteiger partial charge in [-0.05, 0) is 91.3 Å². The van der Waals surface area contributed by atoms with Crippen LogP contribution in [0.4, 0.5) is 4.39 Å². The first-order chi connectivity index (χ1) is 14.8. The molecular formula is C29H28FN. The third kappa shape index (κ3) is 5.19. The summed E-state index contributed by atoms with van der Waals surface area (Å²) in [7, 11) is 0. The van der Waals surface area contributed by atoms with Crippen molar-refractivity contribution in [1.29, 1.82) is 5.26 Å². The third-order valence-corrected chi connectivity index (χ3v) is 5.68. The van der Waals surface area contributed by atoms with E-state index in [1.54, 1.807) is 12.1 Å². The van der Waals surface area contributed by atoms with Gasteiger partial charge in [-0.2, -0.15) is 5.26 Å². The predicted octanol–water partition coefficient (Wildman–Crippen LogP) is 8.13. The van der Waals surface area contributed by atoms with Crippen molar-refractivity contribution in [3.63, 3.8) is 0 Å². The number of hydrogen-bond donors (Lipinski definition) is 0. The van der Waals surface area contributed by atoms with Crippen molar-refractivity contribution in [2.24, 2.45) is 0 Å². The van der Waals surface area contributed by atoms with Gasteiger partial charge < -0.3 is 0 Å². The predicted molar refractivity (Wildman–Crippen MR) is 130 cm³/mol. The van der Waals surface area contributed by atoms with Crippen LogP contribution >= 0.6 is 0 Å². The molecule has 0 bridgehead atoms. The summed E-state index contributed by atoms with van der Waals surface area (Å²) < 4.78 is 15.1. The van der Waals surface area contributed by atoms with Gasteiger partial charge in [0, 0.05) is 5.56 Å². The molecule has 0 fully saturated rings. The third-order valence-electron chi connectivity index (χ3n) is 5.68. The van der Waals surface area contributed by atoms with Gasteiger partial charge in [-0.25, -0.2) is 4.39 Å². The second-order valence-corrected chi connectivity index (χ2v) is 8.09. The van der Waals surface area contributed by atoms with Crippen molar-refractivity contribution in [2.75, 3.05) is 0 Å². The molecule has 0 unspecified atom stereocenters. The van der Waals surface area contributed by atoms with E-state index in [1.807, 2.05) is 51.1 Å². The standard InChI is InChI=1S/C29H28FN/c1-6-24(16-26-10-8-23(18-31)14-21(26)4)28-12-11-27(17-29(28)30)22(5)15-25-9-7-19(2)13-20(25)3/h7-17H,6H2,1-5H3/b22-15+,24-16+.